The number of rotatable bonds is 16. The Morgan fingerprint density at radius 3 is 1.53 bits per heavy atom. The molecule has 2 saturated carbocycles. The van der Waals surface area contributed by atoms with Crippen LogP contribution in [-0.2, 0) is 45.0 Å². The second-order valence-corrected chi connectivity index (χ2v) is 20.5. The van der Waals surface area contributed by atoms with E-state index in [9.17, 15) is 53.5 Å². The van der Waals surface area contributed by atoms with Gasteiger partial charge in [-0.3, -0.25) is 19.0 Å². The van der Waals surface area contributed by atoms with E-state index < -0.39 is 47.7 Å². The molecule has 0 unspecified atom stereocenters. The van der Waals surface area contributed by atoms with Gasteiger partial charge >= 0.3 is 24.2 Å². The number of ether oxygens (including phenoxy) is 6. The Morgan fingerprint density at radius 2 is 1.08 bits per heavy atom. The highest BCUT2D eigenvalue weighted by Crippen LogP contribution is 2.48. The number of anilines is 5. The summed E-state index contributed by atoms with van der Waals surface area (Å²) >= 11 is 6.06. The molecule has 464 valence electrons. The molecule has 2 saturated heterocycles. The number of nitrogen functional groups attached to an aromatic ring is 1. The molecular formula is C52H51ClF10N16O8. The Balaban J connectivity index is 0.000000161. The van der Waals surface area contributed by atoms with Crippen LogP contribution in [0, 0.1) is 11.8 Å². The number of aromatic nitrogens is 12. The number of alkyl halides is 10. The number of hydrogen-bond acceptors (Lipinski definition) is 18. The SMILES string of the molecule is COc1c(Oc2ccnc(NC(=O)C3CC3)c2)cnc2nc(Cl)n(C)c12.COc1c(Oc2ccnc(NC(=O)C3CC3)c2)cnc2nc(Nc3cc(C(F)(F)C(F)(F)F)n([C@@H]4CCOC4)n3)n(C)c12.Nc1cc(C(F)(F)C(F)(F)F)n([C@@H]2CCOC2)n1. The molecule has 87 heavy (non-hydrogen) atoms. The average Bonchev–Trinajstić information content (AvgIpc) is 1.80. The third-order valence-corrected chi connectivity index (χ3v) is 14.2. The van der Waals surface area contributed by atoms with Crippen LogP contribution in [-0.4, -0.2) is 123 Å². The van der Waals surface area contributed by atoms with Crippen molar-refractivity contribution in [2.45, 2.75) is 74.8 Å². The number of hydrogen-bond donors (Lipinski definition) is 4. The zero-order valence-corrected chi connectivity index (χ0v) is 46.8. The normalized spacial score (nSPS) is 17.1. The third kappa shape index (κ3) is 13.0. The summed E-state index contributed by atoms with van der Waals surface area (Å²) < 4.78 is 170. The summed E-state index contributed by atoms with van der Waals surface area (Å²) in [5.74, 6) is -7.92. The fourth-order valence-corrected chi connectivity index (χ4v) is 9.25. The minimum atomic E-state index is -5.83. The largest absolute Gasteiger partial charge is 0.491 e. The molecule has 8 aromatic rings. The molecule has 0 spiro atoms. The van der Waals surface area contributed by atoms with Crippen LogP contribution in [0.5, 0.6) is 34.5 Å². The fraction of sp³-hybridized carbons (Fsp3) is 0.423. The van der Waals surface area contributed by atoms with Gasteiger partial charge < -0.3 is 59.2 Å². The first-order valence-electron chi connectivity index (χ1n) is 26.4. The molecule has 10 heterocycles. The Bertz CT molecular complexity index is 3840. The Labute approximate surface area is 489 Å². The van der Waals surface area contributed by atoms with Crippen molar-refractivity contribution in [3.8, 4) is 34.5 Å². The fourth-order valence-electron chi connectivity index (χ4n) is 9.09. The maximum atomic E-state index is 14.5. The molecule has 24 nitrogen and oxygen atoms in total. The first-order valence-corrected chi connectivity index (χ1v) is 26.7. The van der Waals surface area contributed by atoms with E-state index in [0.29, 0.717) is 91.1 Å². The second kappa shape index (κ2) is 24.2. The zero-order valence-electron chi connectivity index (χ0n) is 46.0. The molecule has 0 bridgehead atoms. The van der Waals surface area contributed by atoms with Crippen LogP contribution in [0.3, 0.4) is 0 Å². The molecule has 5 N–H and O–H groups in total. The van der Waals surface area contributed by atoms with E-state index in [1.807, 2.05) is 0 Å². The summed E-state index contributed by atoms with van der Waals surface area (Å²) in [6.45, 7) is 0.495. The lowest BCUT2D eigenvalue weighted by atomic mass is 10.2. The second-order valence-electron chi connectivity index (χ2n) is 20.1. The molecule has 35 heteroatoms. The highest BCUT2D eigenvalue weighted by molar-refractivity contribution is 6.29. The van der Waals surface area contributed by atoms with Crippen LogP contribution in [0.25, 0.3) is 22.3 Å². The Kier molecular flexibility index (Phi) is 17.0. The van der Waals surface area contributed by atoms with Gasteiger partial charge in [-0.1, -0.05) is 0 Å². The molecule has 2 atom stereocenters. The summed E-state index contributed by atoms with van der Waals surface area (Å²) in [6.07, 6.45) is -1.52. The van der Waals surface area contributed by atoms with Crippen molar-refractivity contribution in [1.29, 1.82) is 0 Å². The first-order chi connectivity index (χ1) is 41.3. The van der Waals surface area contributed by atoms with E-state index in [-0.39, 0.29) is 84.6 Å². The van der Waals surface area contributed by atoms with Gasteiger partial charge in [-0.2, -0.15) is 64.1 Å². The number of pyridine rings is 4. The van der Waals surface area contributed by atoms with Crippen molar-refractivity contribution in [2.75, 3.05) is 62.3 Å². The number of aryl methyl sites for hydroxylation is 2. The topological polar surface area (TPSA) is 274 Å². The highest BCUT2D eigenvalue weighted by Gasteiger charge is 2.62. The van der Waals surface area contributed by atoms with Crippen LogP contribution in [0.1, 0.15) is 62.0 Å². The summed E-state index contributed by atoms with van der Waals surface area (Å²) in [6, 6.07) is 6.21. The molecule has 4 fully saturated rings. The maximum absolute atomic E-state index is 14.5. The molecule has 4 aliphatic rings. The van der Waals surface area contributed by atoms with Gasteiger partial charge in [-0.05, 0) is 62.3 Å². The number of fused-ring (bicyclic) bond motifs is 2. The van der Waals surface area contributed by atoms with Crippen molar-refractivity contribution in [2.24, 2.45) is 25.9 Å². The molecular weight excluding hydrogens is 1200 g/mol. The summed E-state index contributed by atoms with van der Waals surface area (Å²) in [4.78, 5) is 49.3. The Morgan fingerprint density at radius 1 is 0.621 bits per heavy atom. The molecule has 8 aromatic heterocycles. The zero-order chi connectivity index (χ0) is 62.3. The molecule has 2 amide bonds. The van der Waals surface area contributed by atoms with Gasteiger partial charge in [-0.25, -0.2) is 19.9 Å². The number of carbonyl (C=O) groups excluding carboxylic acids is 2. The molecule has 12 rings (SSSR count). The molecule has 2 aliphatic carbocycles. The number of methoxy groups -OCH3 is 2. The highest BCUT2D eigenvalue weighted by atomic mass is 35.5. The lowest BCUT2D eigenvalue weighted by Crippen LogP contribution is -2.36. The van der Waals surface area contributed by atoms with Gasteiger partial charge in [0.1, 0.15) is 51.4 Å². The summed E-state index contributed by atoms with van der Waals surface area (Å²) in [5, 5.41) is 16.1. The molecule has 0 aromatic carbocycles. The lowest BCUT2D eigenvalue weighted by molar-refractivity contribution is -0.292. The summed E-state index contributed by atoms with van der Waals surface area (Å²) in [7, 11) is 6.27. The third-order valence-electron chi connectivity index (χ3n) is 13.9. The van der Waals surface area contributed by atoms with Crippen molar-refractivity contribution < 1.29 is 81.9 Å². The minimum absolute atomic E-state index is 0.0103. The first kappa shape index (κ1) is 61.3. The predicted molar refractivity (Wildman–Crippen MR) is 287 cm³/mol. The number of halogens is 11. The maximum Gasteiger partial charge on any atom is 0.459 e. The standard InChI is InChI=1S/C26H25F5N8O4.C17H16ClN5O3.C9H10F5N3O/c1-38-20-21(41-2)16(43-15-5-7-32-18(9-15)34-23(40)13-3-4-13)11-33-22(20)36-24(38)35-19-10-17(25(27,28)26(29,30)31)39(37-19)14-6-8-42-12-14;1-23-13-14(25-2)11(8-20-15(13)22-17(23)18)26-10-5-6-19-12(7-10)21-16(24)9-3-4-9;10-8(11,9(12,13)14)6-3-7(15)16-17(6)5-1-2-18-4-5/h5,7,9-11,13-14H,3-4,6,8,12H2,1-2H3,(H,32,34,40)(H,33,35,36,37);5-9H,3-4H2,1-2H3,(H,19,21,24);3,5H,1-2,4H2,(H2,15,16)/t14-;;5-/m1.1/s1. The van der Waals surface area contributed by atoms with Gasteiger partial charge in [0.15, 0.2) is 40.1 Å². The van der Waals surface area contributed by atoms with Gasteiger partial charge in [0.05, 0.1) is 51.9 Å². The number of nitrogens with one attached hydrogen (secondary N) is 3. The van der Waals surface area contributed by atoms with Crippen molar-refractivity contribution in [1.82, 2.24) is 58.6 Å². The smallest absolute Gasteiger partial charge is 0.459 e. The van der Waals surface area contributed by atoms with Crippen LogP contribution in [0.4, 0.5) is 73.1 Å². The van der Waals surface area contributed by atoms with Crippen LogP contribution < -0.4 is 40.6 Å². The molecule has 0 radical (unpaired) electrons. The van der Waals surface area contributed by atoms with Crippen LogP contribution in [0.2, 0.25) is 5.28 Å². The van der Waals surface area contributed by atoms with Crippen molar-refractivity contribution >= 4 is 75.0 Å². The number of nitrogens with zero attached hydrogens (tertiary/aromatic N) is 12. The van der Waals surface area contributed by atoms with Crippen molar-refractivity contribution in [3.05, 3.63) is 77.9 Å². The monoisotopic (exact) mass is 1250 g/mol. The molecule has 2 aliphatic heterocycles. The number of nitrogens with two attached hydrogens (primary N) is 1. The van der Waals surface area contributed by atoms with Gasteiger partial charge in [0.25, 0.3) is 0 Å². The van der Waals surface area contributed by atoms with Gasteiger partial charge in [-0.15, -0.1) is 0 Å². The van der Waals surface area contributed by atoms with E-state index in [0.717, 1.165) is 25.7 Å². The average molecular weight is 1250 g/mol. The minimum Gasteiger partial charge on any atom is -0.491 e. The number of carbonyl (C=O) groups is 2. The van der Waals surface area contributed by atoms with Gasteiger partial charge in [0, 0.05) is 75.8 Å². The van der Waals surface area contributed by atoms with E-state index >= 15 is 0 Å². The van der Waals surface area contributed by atoms with E-state index in [1.165, 1.54) is 37.4 Å². The number of imidazole rings is 2. The van der Waals surface area contributed by atoms with Crippen LogP contribution in [0.15, 0.2) is 61.2 Å². The van der Waals surface area contributed by atoms with Gasteiger partial charge in [0.2, 0.25) is 23.0 Å². The summed E-state index contributed by atoms with van der Waals surface area (Å²) in [5.41, 5.74) is 4.26. The Hall–Kier alpha value is -8.79. The quantitative estimate of drug-likeness (QED) is 0.0655. The van der Waals surface area contributed by atoms with E-state index in [2.05, 4.69) is 56.1 Å². The predicted octanol–water partition coefficient (Wildman–Crippen LogP) is 10.3. The number of amides is 2. The van der Waals surface area contributed by atoms with Crippen LogP contribution >= 0.6 is 11.6 Å². The van der Waals surface area contributed by atoms with E-state index in [1.54, 1.807) is 49.1 Å². The van der Waals surface area contributed by atoms with E-state index in [4.69, 9.17) is 45.8 Å². The van der Waals surface area contributed by atoms with Crippen molar-refractivity contribution in [3.63, 3.8) is 0 Å². The lowest BCUT2D eigenvalue weighted by Gasteiger charge is -2.22.